The summed E-state index contributed by atoms with van der Waals surface area (Å²) >= 11 is 0. The highest BCUT2D eigenvalue weighted by Crippen LogP contribution is 2.21. The van der Waals surface area contributed by atoms with Gasteiger partial charge in [-0.05, 0) is 55.7 Å². The first-order chi connectivity index (χ1) is 10.1. The monoisotopic (exact) mass is 276 g/mol. The number of aryl methyl sites for hydroxylation is 3. The summed E-state index contributed by atoms with van der Waals surface area (Å²) in [6.07, 6.45) is 0. The molecule has 0 atom stereocenters. The zero-order valence-electron chi connectivity index (χ0n) is 12.8. The third kappa shape index (κ3) is 2.89. The largest absolute Gasteiger partial charge is 0.381 e. The molecule has 21 heavy (non-hydrogen) atoms. The van der Waals surface area contributed by atoms with Crippen LogP contribution in [-0.2, 0) is 6.54 Å². The second-order valence-corrected chi connectivity index (χ2v) is 5.61. The van der Waals surface area contributed by atoms with E-state index in [-0.39, 0.29) is 0 Å². The van der Waals surface area contributed by atoms with Gasteiger partial charge in [-0.15, -0.1) is 0 Å². The maximum Gasteiger partial charge on any atom is 0.0708 e. The molecule has 0 bridgehead atoms. The van der Waals surface area contributed by atoms with E-state index in [0.29, 0.717) is 0 Å². The molecule has 0 spiro atoms. The lowest BCUT2D eigenvalue weighted by atomic mass is 10.1. The molecule has 2 aromatic carbocycles. The standard InChI is InChI=1S/C19H20N2/c1-13-8-9-14(2)19(10-13)20-12-16-11-15(3)21-18-7-5-4-6-17(16)18/h4-11,20H,12H2,1-3H3. The van der Waals surface area contributed by atoms with Crippen LogP contribution in [0.2, 0.25) is 0 Å². The number of aromatic nitrogens is 1. The molecular formula is C19H20N2. The van der Waals surface area contributed by atoms with Crippen LogP contribution >= 0.6 is 0 Å². The van der Waals surface area contributed by atoms with Gasteiger partial charge in [0.25, 0.3) is 0 Å². The predicted octanol–water partition coefficient (Wildman–Crippen LogP) is 4.77. The fourth-order valence-electron chi connectivity index (χ4n) is 2.66. The highest BCUT2D eigenvalue weighted by Gasteiger charge is 2.04. The summed E-state index contributed by atoms with van der Waals surface area (Å²) < 4.78 is 0. The Hall–Kier alpha value is -2.35. The molecule has 3 aromatic rings. The lowest BCUT2D eigenvalue weighted by Gasteiger charge is -2.13. The zero-order chi connectivity index (χ0) is 14.8. The number of fused-ring (bicyclic) bond motifs is 1. The Kier molecular flexibility index (Phi) is 3.61. The average molecular weight is 276 g/mol. The van der Waals surface area contributed by atoms with Gasteiger partial charge in [-0.3, -0.25) is 4.98 Å². The van der Waals surface area contributed by atoms with Crippen molar-refractivity contribution in [1.82, 2.24) is 4.98 Å². The Morgan fingerprint density at radius 1 is 0.952 bits per heavy atom. The van der Waals surface area contributed by atoms with Gasteiger partial charge in [0.05, 0.1) is 5.52 Å². The molecule has 0 aliphatic rings. The number of rotatable bonds is 3. The third-order valence-electron chi connectivity index (χ3n) is 3.79. The van der Waals surface area contributed by atoms with Crippen molar-refractivity contribution in [1.29, 1.82) is 0 Å². The molecule has 106 valence electrons. The van der Waals surface area contributed by atoms with E-state index in [9.17, 15) is 0 Å². The van der Waals surface area contributed by atoms with E-state index in [0.717, 1.165) is 17.8 Å². The topological polar surface area (TPSA) is 24.9 Å². The van der Waals surface area contributed by atoms with Crippen LogP contribution in [0.15, 0.2) is 48.5 Å². The van der Waals surface area contributed by atoms with Gasteiger partial charge in [0.2, 0.25) is 0 Å². The van der Waals surface area contributed by atoms with Crippen molar-refractivity contribution in [3.05, 3.63) is 70.9 Å². The van der Waals surface area contributed by atoms with Crippen molar-refractivity contribution in [2.45, 2.75) is 27.3 Å². The van der Waals surface area contributed by atoms with Crippen LogP contribution in [0.5, 0.6) is 0 Å². The van der Waals surface area contributed by atoms with Crippen molar-refractivity contribution in [3.63, 3.8) is 0 Å². The van der Waals surface area contributed by atoms with E-state index < -0.39 is 0 Å². The highest BCUT2D eigenvalue weighted by molar-refractivity contribution is 5.82. The number of benzene rings is 2. The van der Waals surface area contributed by atoms with E-state index >= 15 is 0 Å². The molecule has 0 amide bonds. The average Bonchev–Trinajstić information content (AvgIpc) is 2.47. The first-order valence-electron chi connectivity index (χ1n) is 7.30. The summed E-state index contributed by atoms with van der Waals surface area (Å²) in [6.45, 7) is 7.12. The lowest BCUT2D eigenvalue weighted by Crippen LogP contribution is -2.03. The zero-order valence-corrected chi connectivity index (χ0v) is 12.8. The summed E-state index contributed by atoms with van der Waals surface area (Å²) in [4.78, 5) is 4.60. The minimum Gasteiger partial charge on any atom is -0.381 e. The fraction of sp³-hybridized carbons (Fsp3) is 0.211. The first-order valence-corrected chi connectivity index (χ1v) is 7.30. The van der Waals surface area contributed by atoms with Crippen LogP contribution in [0.3, 0.4) is 0 Å². The van der Waals surface area contributed by atoms with Crippen molar-refractivity contribution in [3.8, 4) is 0 Å². The maximum atomic E-state index is 4.60. The van der Waals surface area contributed by atoms with E-state index in [1.807, 2.05) is 13.0 Å². The molecule has 0 saturated heterocycles. The van der Waals surface area contributed by atoms with Crippen LogP contribution in [0.1, 0.15) is 22.4 Å². The van der Waals surface area contributed by atoms with Crippen molar-refractivity contribution in [2.75, 3.05) is 5.32 Å². The lowest BCUT2D eigenvalue weighted by molar-refractivity contribution is 1.12. The third-order valence-corrected chi connectivity index (χ3v) is 3.79. The Morgan fingerprint density at radius 2 is 1.76 bits per heavy atom. The number of nitrogens with one attached hydrogen (secondary N) is 1. The first kappa shape index (κ1) is 13.6. The van der Waals surface area contributed by atoms with E-state index in [4.69, 9.17) is 0 Å². The van der Waals surface area contributed by atoms with Crippen LogP contribution in [0.4, 0.5) is 5.69 Å². The summed E-state index contributed by atoms with van der Waals surface area (Å²) in [5.41, 5.74) is 7.17. The van der Waals surface area contributed by atoms with Gasteiger partial charge in [-0.2, -0.15) is 0 Å². The van der Waals surface area contributed by atoms with Crippen molar-refractivity contribution in [2.24, 2.45) is 0 Å². The second-order valence-electron chi connectivity index (χ2n) is 5.61. The van der Waals surface area contributed by atoms with Gasteiger partial charge in [-0.1, -0.05) is 30.3 Å². The summed E-state index contributed by atoms with van der Waals surface area (Å²) in [5.74, 6) is 0. The normalized spacial score (nSPS) is 10.8. The summed E-state index contributed by atoms with van der Waals surface area (Å²) in [6, 6.07) is 17.0. The SMILES string of the molecule is Cc1ccc(C)c(NCc2cc(C)nc3ccccc23)c1. The molecule has 1 N–H and O–H groups in total. The number of hydrogen-bond acceptors (Lipinski definition) is 2. The van der Waals surface area contributed by atoms with Crippen molar-refractivity contribution >= 4 is 16.6 Å². The van der Waals surface area contributed by atoms with E-state index in [1.54, 1.807) is 0 Å². The molecule has 2 nitrogen and oxygen atoms in total. The summed E-state index contributed by atoms with van der Waals surface area (Å²) in [5, 5.41) is 4.78. The second kappa shape index (κ2) is 5.57. The van der Waals surface area contributed by atoms with Crippen molar-refractivity contribution < 1.29 is 0 Å². The number of pyridine rings is 1. The number of anilines is 1. The molecule has 1 aromatic heterocycles. The Bertz CT molecular complexity index is 791. The van der Waals surface area contributed by atoms with Gasteiger partial charge < -0.3 is 5.32 Å². The number of nitrogens with zero attached hydrogens (tertiary/aromatic N) is 1. The minimum atomic E-state index is 0.814. The van der Waals surface area contributed by atoms with Gasteiger partial charge in [0, 0.05) is 23.3 Å². The van der Waals surface area contributed by atoms with E-state index in [1.165, 1.54) is 27.8 Å². The van der Waals surface area contributed by atoms with Gasteiger partial charge in [-0.25, -0.2) is 0 Å². The molecule has 0 aliphatic carbocycles. The van der Waals surface area contributed by atoms with Crippen LogP contribution in [-0.4, -0.2) is 4.98 Å². The Labute approximate surface area is 125 Å². The smallest absolute Gasteiger partial charge is 0.0708 e. The number of hydrogen-bond donors (Lipinski definition) is 1. The fourth-order valence-corrected chi connectivity index (χ4v) is 2.66. The molecule has 2 heteroatoms. The molecule has 0 aliphatic heterocycles. The molecule has 3 rings (SSSR count). The maximum absolute atomic E-state index is 4.60. The quantitative estimate of drug-likeness (QED) is 0.745. The molecule has 0 unspecified atom stereocenters. The van der Waals surface area contributed by atoms with Crippen LogP contribution in [0, 0.1) is 20.8 Å². The van der Waals surface area contributed by atoms with Gasteiger partial charge >= 0.3 is 0 Å². The summed E-state index contributed by atoms with van der Waals surface area (Å²) in [7, 11) is 0. The molecular weight excluding hydrogens is 256 g/mol. The highest BCUT2D eigenvalue weighted by atomic mass is 14.9. The Morgan fingerprint density at radius 3 is 2.62 bits per heavy atom. The number of para-hydroxylation sites is 1. The Balaban J connectivity index is 1.93. The molecule has 0 fully saturated rings. The van der Waals surface area contributed by atoms with Crippen LogP contribution in [0.25, 0.3) is 10.9 Å². The predicted molar refractivity (Wildman–Crippen MR) is 89.7 cm³/mol. The molecule has 1 heterocycles. The van der Waals surface area contributed by atoms with E-state index in [2.05, 4.69) is 66.6 Å². The molecule has 0 radical (unpaired) electrons. The van der Waals surface area contributed by atoms with Gasteiger partial charge in [0.15, 0.2) is 0 Å². The molecule has 0 saturated carbocycles. The minimum absolute atomic E-state index is 0.814. The van der Waals surface area contributed by atoms with Gasteiger partial charge in [0.1, 0.15) is 0 Å². The van der Waals surface area contributed by atoms with Crippen LogP contribution < -0.4 is 5.32 Å².